The van der Waals surface area contributed by atoms with Crippen molar-refractivity contribution in [1.82, 2.24) is 0 Å². The monoisotopic (exact) mass is 155 g/mol. The van der Waals surface area contributed by atoms with Crippen LogP contribution in [0.5, 0.6) is 0 Å². The van der Waals surface area contributed by atoms with Crippen LogP contribution < -0.4 is 0 Å². The lowest BCUT2D eigenvalue weighted by Gasteiger charge is -0.827. The van der Waals surface area contributed by atoms with E-state index in [1.54, 1.807) is 0 Å². The summed E-state index contributed by atoms with van der Waals surface area (Å²) < 4.78 is 0. The van der Waals surface area contributed by atoms with Crippen LogP contribution in [-0.2, 0) is 0 Å². The molecule has 10 heteroatoms. The van der Waals surface area contributed by atoms with Crippen molar-refractivity contribution in [3.8, 4) is 0 Å². The first kappa shape index (κ1) is 43.6. The second kappa shape index (κ2) is 63.0. The molecule has 0 bridgehead atoms. The van der Waals surface area contributed by atoms with E-state index in [0.29, 0.717) is 0 Å². The van der Waals surface area contributed by atoms with Gasteiger partial charge >= 0.3 is 0 Å². The van der Waals surface area contributed by atoms with Gasteiger partial charge < -0.3 is 0 Å². The molecule has 0 atom stereocenters. The van der Waals surface area contributed by atoms with Gasteiger partial charge in [-0.05, 0) is 0 Å². The van der Waals surface area contributed by atoms with Crippen LogP contribution in [0.3, 0.4) is 0 Å². The molecular formula is H5N5O5. The van der Waals surface area contributed by atoms with Crippen molar-refractivity contribution in [3.63, 3.8) is 0 Å². The van der Waals surface area contributed by atoms with Crippen molar-refractivity contribution < 1.29 is 0 Å². The third-order valence-electron chi connectivity index (χ3n) is 0. The zero-order chi connectivity index (χ0) is 10.0. The highest BCUT2D eigenvalue weighted by atomic mass is 16.2. The van der Waals surface area contributed by atoms with Crippen LogP contribution in [0.2, 0.25) is 0 Å². The molecule has 0 fully saturated rings. The van der Waals surface area contributed by atoms with Crippen LogP contribution >= 0.6 is 0 Å². The molecule has 0 aromatic rings. The first-order chi connectivity index (χ1) is 5.00. The molecule has 0 spiro atoms. The summed E-state index contributed by atoms with van der Waals surface area (Å²) in [6, 6.07) is 0. The van der Waals surface area contributed by atoms with Gasteiger partial charge in [0.15, 0.2) is 0 Å². The minimum atomic E-state index is 4.50. The molecule has 0 saturated carbocycles. The lowest BCUT2D eigenvalue weighted by molar-refractivity contribution is 1.49. The van der Waals surface area contributed by atoms with E-state index in [0.717, 1.165) is 0 Å². The van der Waals surface area contributed by atoms with E-state index >= 15 is 0 Å². The second-order valence-electron chi connectivity index (χ2n) is 0. The van der Waals surface area contributed by atoms with Crippen LogP contribution in [0, 0.1) is 52.5 Å². The maximum atomic E-state index is 7.50. The zero-order valence-corrected chi connectivity index (χ0v) is 4.54. The Hall–Kier alpha value is -2.00. The highest BCUT2D eigenvalue weighted by molar-refractivity contribution is 3.64. The van der Waals surface area contributed by atoms with Crippen LogP contribution in [0.4, 0.5) is 0 Å². The fraction of sp³-hybridized carbons (Fsp3) is 0. The van der Waals surface area contributed by atoms with Gasteiger partial charge in [-0.25, -0.2) is 0 Å². The predicted molar refractivity (Wildman–Crippen MR) is 30.4 cm³/mol. The molecule has 0 radical (unpaired) electrons. The molecule has 0 aromatic carbocycles. The van der Waals surface area contributed by atoms with Crippen LogP contribution in [-0.4, -0.2) is 0 Å². The van der Waals surface area contributed by atoms with E-state index in [9.17, 15) is 0 Å². The van der Waals surface area contributed by atoms with Gasteiger partial charge in [0.05, 0.1) is 0 Å². The molecule has 0 aliphatic carbocycles. The molecule has 10 heavy (non-hydrogen) atoms. The van der Waals surface area contributed by atoms with Gasteiger partial charge in [-0.2, -0.15) is 24.5 Å². The van der Waals surface area contributed by atoms with Crippen molar-refractivity contribution >= 4 is 0 Å². The average molecular weight is 155 g/mol. The summed E-state index contributed by atoms with van der Waals surface area (Å²) in [5.41, 5.74) is 22.5. The maximum absolute atomic E-state index is 7.50. The Kier molecular flexibility index (Phi) is 274. The van der Waals surface area contributed by atoms with E-state index in [1.165, 1.54) is 0 Å². The third-order valence-corrected chi connectivity index (χ3v) is 0. The number of nitroso groups, excluding NO2 is 5. The minimum absolute atomic E-state index is 4.50. The molecule has 10 nitrogen and oxygen atoms in total. The van der Waals surface area contributed by atoms with Crippen LogP contribution in [0.15, 0.2) is 0 Å². The number of rotatable bonds is 0. The summed E-state index contributed by atoms with van der Waals surface area (Å²) in [5.74, 6) is 0. The molecule has 0 heterocycles. The largest absolute Gasteiger partial charge is 0.154 e. The van der Waals surface area contributed by atoms with Gasteiger partial charge in [-0.3, -0.25) is 0 Å². The highest BCUT2D eigenvalue weighted by Crippen LogP contribution is 0.774. The molecular weight excluding hydrogens is 150 g/mol. The Labute approximate surface area is 53.8 Å². The van der Waals surface area contributed by atoms with Gasteiger partial charge in [0.25, 0.3) is 0 Å². The standard InChI is InChI=1S/5HNO/c5*1-2/h5*1H. The highest BCUT2D eigenvalue weighted by Gasteiger charge is 0.596. The van der Waals surface area contributed by atoms with Crippen LogP contribution in [0.1, 0.15) is 0 Å². The van der Waals surface area contributed by atoms with Crippen LogP contribution in [0.25, 0.3) is 0 Å². The zero-order valence-electron chi connectivity index (χ0n) is 4.54. The third kappa shape index (κ3) is 37.5. The Morgan fingerprint density at radius 2 is 0.300 bits per heavy atom. The lowest BCUT2D eigenvalue weighted by atomic mass is 13.8. The Morgan fingerprint density at radius 3 is 0.300 bits per heavy atom. The number of hydrogen-bond donors (Lipinski definition) is 5. The molecule has 0 unspecified atom stereocenters. The topological polar surface area (TPSA) is 205 Å². The summed E-state index contributed by atoms with van der Waals surface area (Å²) >= 11 is 0. The van der Waals surface area contributed by atoms with Crippen molar-refractivity contribution in [1.29, 1.82) is 28.0 Å². The fourth-order valence-corrected chi connectivity index (χ4v) is 0. The molecule has 0 aliphatic rings. The summed E-state index contributed by atoms with van der Waals surface area (Å²) in [7, 11) is 0. The maximum Gasteiger partial charge on any atom is -0.0850 e. The molecule has 0 aromatic heterocycles. The van der Waals surface area contributed by atoms with Crippen molar-refractivity contribution in [2.75, 3.05) is 0 Å². The van der Waals surface area contributed by atoms with Crippen molar-refractivity contribution in [2.24, 2.45) is 0 Å². The van der Waals surface area contributed by atoms with Gasteiger partial charge in [0.1, 0.15) is 0 Å². The van der Waals surface area contributed by atoms with Gasteiger partial charge in [0.2, 0.25) is 0 Å². The normalized spacial score (nSPS) is 2.00. The van der Waals surface area contributed by atoms with E-state index < -0.39 is 0 Å². The van der Waals surface area contributed by atoms with Gasteiger partial charge in [0, 0.05) is 0 Å². The number of hydrogen-bond acceptors (Lipinski definition) is 10. The minimum Gasteiger partial charge on any atom is -0.154 e. The second-order valence-corrected chi connectivity index (χ2v) is 0. The molecule has 0 aliphatic heterocycles. The van der Waals surface area contributed by atoms with E-state index in [4.69, 9.17) is 24.5 Å². The summed E-state index contributed by atoms with van der Waals surface area (Å²) in [6.07, 6.45) is 0. The summed E-state index contributed by atoms with van der Waals surface area (Å²) in [6.45, 7) is 0. The Balaban J connectivity index is -0.0000000104. The predicted octanol–water partition coefficient (Wildman–Crippen LogP) is 1.66. The van der Waals surface area contributed by atoms with Crippen molar-refractivity contribution in [2.45, 2.75) is 0 Å². The smallest absolute Gasteiger partial charge is 0.0850 e. The van der Waals surface area contributed by atoms with E-state index in [-0.39, 0.29) is 0 Å². The van der Waals surface area contributed by atoms with Gasteiger partial charge in [-0.1, -0.05) is 28.0 Å². The van der Waals surface area contributed by atoms with E-state index in [2.05, 4.69) is 28.0 Å². The first-order valence-electron chi connectivity index (χ1n) is 1.02. The molecule has 60 valence electrons. The van der Waals surface area contributed by atoms with Crippen molar-refractivity contribution in [3.05, 3.63) is 24.5 Å². The fourth-order valence-electron chi connectivity index (χ4n) is 0. The lowest BCUT2D eigenvalue weighted by Crippen LogP contribution is -0.649. The molecule has 5 N–H and O–H groups in total. The first-order valence-corrected chi connectivity index (χ1v) is 1.02. The Morgan fingerprint density at radius 1 is 0.300 bits per heavy atom. The average Bonchev–Trinajstić information content (AvgIpc) is 2.20. The molecule has 0 rings (SSSR count). The quantitative estimate of drug-likeness (QED) is 0.329. The Bertz CT molecular complexity index is 21.6. The van der Waals surface area contributed by atoms with Gasteiger partial charge in [-0.15, -0.1) is 0 Å². The number of nitrogens with one attached hydrogen (secondary N) is 5. The molecule has 0 saturated heterocycles. The summed E-state index contributed by atoms with van der Waals surface area (Å²) in [5, 5.41) is 0. The SMILES string of the molecule is N=O.N=O.N=O.N=O.N=O. The van der Waals surface area contributed by atoms with E-state index in [1.807, 2.05) is 0 Å². The molecule has 0 amide bonds. The summed E-state index contributed by atoms with van der Waals surface area (Å²) in [4.78, 5) is 37.5.